The molecular weight excluding hydrogens is 412 g/mol. The Bertz CT molecular complexity index is 1370. The van der Waals surface area contributed by atoms with Gasteiger partial charge in [-0.3, -0.25) is 10.1 Å². The molecule has 166 valence electrons. The van der Waals surface area contributed by atoms with E-state index in [4.69, 9.17) is 4.74 Å². The number of aromatic nitrogens is 3. The number of benzene rings is 1. The van der Waals surface area contributed by atoms with Gasteiger partial charge in [0, 0.05) is 22.5 Å². The Labute approximate surface area is 192 Å². The van der Waals surface area contributed by atoms with Gasteiger partial charge in [-0.2, -0.15) is 5.10 Å². The molecule has 1 fully saturated rings. The van der Waals surface area contributed by atoms with E-state index in [1.165, 1.54) is 0 Å². The van der Waals surface area contributed by atoms with Crippen molar-refractivity contribution in [2.24, 2.45) is 0 Å². The van der Waals surface area contributed by atoms with Crippen molar-refractivity contribution in [2.75, 3.05) is 13.2 Å². The topological polar surface area (TPSA) is 79.9 Å². The average molecular weight is 439 g/mol. The number of nitrogens with one attached hydrogen (secondary N) is 2. The highest BCUT2D eigenvalue weighted by Gasteiger charge is 2.17. The summed E-state index contributed by atoms with van der Waals surface area (Å²) in [5.41, 5.74) is 8.49. The smallest absolute Gasteiger partial charge is 0.337 e. The van der Waals surface area contributed by atoms with E-state index < -0.39 is 0 Å². The molecule has 5 rings (SSSR count). The zero-order valence-electron chi connectivity index (χ0n) is 18.6. The Balaban J connectivity index is 1.49. The molecule has 6 nitrogen and oxygen atoms in total. The first-order valence-corrected chi connectivity index (χ1v) is 11.3. The molecule has 3 heterocycles. The van der Waals surface area contributed by atoms with Crippen molar-refractivity contribution in [3.05, 3.63) is 76.5 Å². The summed E-state index contributed by atoms with van der Waals surface area (Å²) < 4.78 is 5.61. The SMILES string of the molecule is Cc1cccc(-c2[nH]ncc2-c2ccc3/c(c2)=C\C(C(=O)OC[C@H]2CCCN2)=C/CC=C=3)n1. The summed E-state index contributed by atoms with van der Waals surface area (Å²) >= 11 is 0. The Hall–Kier alpha value is -3.73. The number of H-pyrrole nitrogens is 1. The molecule has 1 atom stereocenters. The number of fused-ring (bicyclic) bond motifs is 1. The largest absolute Gasteiger partial charge is 0.460 e. The Morgan fingerprint density at radius 2 is 2.21 bits per heavy atom. The number of allylic oxidation sites excluding steroid dienone is 2. The fraction of sp³-hybridized carbons (Fsp3) is 0.259. The van der Waals surface area contributed by atoms with Crippen LogP contribution in [0.25, 0.3) is 34.3 Å². The van der Waals surface area contributed by atoms with Crippen molar-refractivity contribution in [1.29, 1.82) is 0 Å². The molecule has 0 unspecified atom stereocenters. The van der Waals surface area contributed by atoms with E-state index in [9.17, 15) is 4.79 Å². The van der Waals surface area contributed by atoms with Gasteiger partial charge < -0.3 is 10.1 Å². The predicted molar refractivity (Wildman–Crippen MR) is 128 cm³/mol. The molecule has 0 amide bonds. The van der Waals surface area contributed by atoms with Gasteiger partial charge in [0.2, 0.25) is 0 Å². The number of nitrogens with zero attached hydrogens (tertiary/aromatic N) is 2. The molecule has 0 saturated carbocycles. The van der Waals surface area contributed by atoms with Crippen LogP contribution in [-0.4, -0.2) is 40.3 Å². The van der Waals surface area contributed by atoms with Gasteiger partial charge in [-0.05, 0) is 79.9 Å². The molecule has 2 N–H and O–H groups in total. The van der Waals surface area contributed by atoms with E-state index in [0.717, 1.165) is 58.0 Å². The van der Waals surface area contributed by atoms with E-state index in [-0.39, 0.29) is 12.0 Å². The van der Waals surface area contributed by atoms with Crippen molar-refractivity contribution in [3.63, 3.8) is 0 Å². The summed E-state index contributed by atoms with van der Waals surface area (Å²) in [6.07, 6.45) is 10.3. The zero-order valence-corrected chi connectivity index (χ0v) is 18.6. The summed E-state index contributed by atoms with van der Waals surface area (Å²) in [7, 11) is 0. The summed E-state index contributed by atoms with van der Waals surface area (Å²) in [6, 6.07) is 12.3. The Morgan fingerprint density at radius 1 is 1.27 bits per heavy atom. The van der Waals surface area contributed by atoms with Crippen molar-refractivity contribution in [1.82, 2.24) is 20.5 Å². The van der Waals surface area contributed by atoms with E-state index in [0.29, 0.717) is 18.6 Å². The lowest BCUT2D eigenvalue weighted by atomic mass is 10.0. The van der Waals surface area contributed by atoms with Crippen LogP contribution in [0.5, 0.6) is 0 Å². The molecule has 1 saturated heterocycles. The Morgan fingerprint density at radius 3 is 3.06 bits per heavy atom. The third kappa shape index (κ3) is 4.72. The van der Waals surface area contributed by atoms with Crippen LogP contribution in [0, 0.1) is 6.92 Å². The number of aryl methyl sites for hydroxylation is 1. The quantitative estimate of drug-likeness (QED) is 0.599. The van der Waals surface area contributed by atoms with Crippen LogP contribution in [-0.2, 0) is 9.53 Å². The van der Waals surface area contributed by atoms with E-state index >= 15 is 0 Å². The first-order valence-electron chi connectivity index (χ1n) is 11.3. The lowest BCUT2D eigenvalue weighted by Gasteiger charge is -2.11. The third-order valence-corrected chi connectivity index (χ3v) is 5.98. The second-order valence-electron chi connectivity index (χ2n) is 8.40. The average Bonchev–Trinajstić information content (AvgIpc) is 3.50. The fourth-order valence-electron chi connectivity index (χ4n) is 4.25. The van der Waals surface area contributed by atoms with Crippen LogP contribution in [0.3, 0.4) is 0 Å². The second-order valence-corrected chi connectivity index (χ2v) is 8.40. The van der Waals surface area contributed by atoms with Crippen LogP contribution >= 0.6 is 0 Å². The number of ether oxygens (including phenoxy) is 1. The predicted octanol–water partition coefficient (Wildman–Crippen LogP) is 2.79. The maximum atomic E-state index is 12.8. The highest BCUT2D eigenvalue weighted by Crippen LogP contribution is 2.28. The van der Waals surface area contributed by atoms with E-state index in [1.807, 2.05) is 61.7 Å². The van der Waals surface area contributed by atoms with Crippen LogP contribution in [0.4, 0.5) is 0 Å². The van der Waals surface area contributed by atoms with Crippen LogP contribution in [0.1, 0.15) is 25.0 Å². The number of aromatic amines is 1. The molecule has 2 aliphatic rings. The number of pyridine rings is 1. The standard InChI is InChI=1S/C27H26N4O2/c1-18-6-4-10-25(30-18)26-24(16-29-31-26)20-12-11-19-7-2-3-8-21(15-22(19)14-20)27(32)33-17-23-9-5-13-28-23/h2,4,6,8,10-12,14-16,23,28H,3,5,9,13,17H2,1H3,(H,29,31)/b21-8+,22-15-/t7?,23-/m1/s1. The first kappa shape index (κ1) is 21.1. The van der Waals surface area contributed by atoms with Gasteiger partial charge in [0.25, 0.3) is 0 Å². The third-order valence-electron chi connectivity index (χ3n) is 5.98. The minimum atomic E-state index is -0.289. The fourth-order valence-corrected chi connectivity index (χ4v) is 4.25. The number of hydrogen-bond donors (Lipinski definition) is 2. The van der Waals surface area contributed by atoms with Gasteiger partial charge in [0.15, 0.2) is 0 Å². The number of rotatable bonds is 5. The van der Waals surface area contributed by atoms with Gasteiger partial charge in [-0.15, -0.1) is 5.73 Å². The van der Waals surface area contributed by atoms with Gasteiger partial charge in [-0.25, -0.2) is 4.79 Å². The number of esters is 1. The summed E-state index contributed by atoms with van der Waals surface area (Å²) in [5.74, 6) is -0.289. The maximum absolute atomic E-state index is 12.8. The number of carbonyl (C=O) groups is 1. The number of hydrogen-bond acceptors (Lipinski definition) is 5. The van der Waals surface area contributed by atoms with Crippen molar-refractivity contribution < 1.29 is 9.53 Å². The van der Waals surface area contributed by atoms with Gasteiger partial charge in [0.1, 0.15) is 6.61 Å². The molecule has 0 spiro atoms. The molecule has 6 heteroatoms. The second kappa shape index (κ2) is 9.41. The molecule has 3 aromatic rings. The normalized spacial score (nSPS) is 19.8. The minimum Gasteiger partial charge on any atom is -0.460 e. The van der Waals surface area contributed by atoms with Crippen LogP contribution in [0.15, 0.2) is 60.3 Å². The molecule has 0 radical (unpaired) electrons. The van der Waals surface area contributed by atoms with Crippen molar-refractivity contribution in [3.8, 4) is 22.5 Å². The Kier molecular flexibility index (Phi) is 6.03. The van der Waals surface area contributed by atoms with Crippen molar-refractivity contribution in [2.45, 2.75) is 32.2 Å². The van der Waals surface area contributed by atoms with Crippen LogP contribution < -0.4 is 15.8 Å². The van der Waals surface area contributed by atoms with E-state index in [1.54, 1.807) is 0 Å². The first-order chi connectivity index (χ1) is 16.2. The molecule has 2 aromatic heterocycles. The highest BCUT2D eigenvalue weighted by molar-refractivity contribution is 5.97. The molecule has 33 heavy (non-hydrogen) atoms. The molecular formula is C27H26N4O2. The minimum absolute atomic E-state index is 0.255. The lowest BCUT2D eigenvalue weighted by Crippen LogP contribution is -2.29. The van der Waals surface area contributed by atoms with E-state index in [2.05, 4.69) is 32.3 Å². The zero-order chi connectivity index (χ0) is 22.6. The van der Waals surface area contributed by atoms with Gasteiger partial charge in [0.05, 0.1) is 23.2 Å². The van der Waals surface area contributed by atoms with Gasteiger partial charge in [-0.1, -0.05) is 18.2 Å². The monoisotopic (exact) mass is 438 g/mol. The van der Waals surface area contributed by atoms with Crippen molar-refractivity contribution >= 4 is 17.8 Å². The highest BCUT2D eigenvalue weighted by atomic mass is 16.5. The van der Waals surface area contributed by atoms with Crippen LogP contribution in [0.2, 0.25) is 0 Å². The molecule has 1 aliphatic heterocycles. The van der Waals surface area contributed by atoms with Gasteiger partial charge >= 0.3 is 5.97 Å². The lowest BCUT2D eigenvalue weighted by molar-refractivity contribution is -0.139. The summed E-state index contributed by atoms with van der Waals surface area (Å²) in [5, 5.41) is 12.6. The summed E-state index contributed by atoms with van der Waals surface area (Å²) in [4.78, 5) is 17.4. The molecule has 1 aromatic carbocycles. The molecule has 0 bridgehead atoms. The molecule has 1 aliphatic carbocycles. The number of carbonyl (C=O) groups excluding carboxylic acids is 1. The maximum Gasteiger partial charge on any atom is 0.337 e. The summed E-state index contributed by atoms with van der Waals surface area (Å²) in [6.45, 7) is 3.36.